The van der Waals surface area contributed by atoms with Gasteiger partial charge in [0, 0.05) is 30.8 Å². The van der Waals surface area contributed by atoms with E-state index in [1.165, 1.54) is 14.1 Å². The van der Waals surface area contributed by atoms with Crippen molar-refractivity contribution in [3.8, 4) is 5.75 Å². The van der Waals surface area contributed by atoms with E-state index >= 15 is 0 Å². The summed E-state index contributed by atoms with van der Waals surface area (Å²) in [6.45, 7) is 0.0558. The average molecular weight is 460 g/mol. The largest absolute Gasteiger partial charge is 0.497 e. The Hall–Kier alpha value is -2.87. The highest BCUT2D eigenvalue weighted by Crippen LogP contribution is 2.33. The standard InChI is InChI=1S/C21H22BrN3O4/c1-24-18(26)21(19(27)25(2)20(24)28,12-14-4-10-17(29-3)11-5-14)13-23-16-8-6-15(22)7-9-16/h4-11,23H,12-13H2,1-3H3. The van der Waals surface area contributed by atoms with Crippen LogP contribution >= 0.6 is 15.9 Å². The van der Waals surface area contributed by atoms with Gasteiger partial charge in [0.05, 0.1) is 7.11 Å². The minimum absolute atomic E-state index is 0.0558. The topological polar surface area (TPSA) is 79.0 Å². The first-order valence-electron chi connectivity index (χ1n) is 9.01. The van der Waals surface area contributed by atoms with E-state index in [1.807, 2.05) is 36.4 Å². The predicted octanol–water partition coefficient (Wildman–Crippen LogP) is 3.15. The average Bonchev–Trinajstić information content (AvgIpc) is 2.74. The van der Waals surface area contributed by atoms with E-state index in [1.54, 1.807) is 19.2 Å². The normalized spacial score (nSPS) is 16.2. The lowest BCUT2D eigenvalue weighted by atomic mass is 9.77. The number of anilines is 1. The second-order valence-electron chi connectivity index (χ2n) is 6.98. The third kappa shape index (κ3) is 3.98. The Morgan fingerprint density at radius 2 is 1.48 bits per heavy atom. The van der Waals surface area contributed by atoms with Crippen molar-refractivity contribution >= 4 is 39.5 Å². The molecule has 0 saturated carbocycles. The molecule has 0 spiro atoms. The lowest BCUT2D eigenvalue weighted by molar-refractivity contribution is -0.156. The molecule has 0 unspecified atom stereocenters. The van der Waals surface area contributed by atoms with Crippen LogP contribution in [0.15, 0.2) is 53.0 Å². The van der Waals surface area contributed by atoms with Gasteiger partial charge in [-0.2, -0.15) is 0 Å². The second kappa shape index (κ2) is 8.24. The zero-order chi connectivity index (χ0) is 21.2. The number of nitrogens with one attached hydrogen (secondary N) is 1. The summed E-state index contributed by atoms with van der Waals surface area (Å²) in [5, 5.41) is 3.19. The monoisotopic (exact) mass is 459 g/mol. The molecule has 2 aromatic carbocycles. The number of carbonyl (C=O) groups excluding carboxylic acids is 3. The summed E-state index contributed by atoms with van der Waals surface area (Å²) < 4.78 is 6.10. The van der Waals surface area contributed by atoms with Crippen molar-refractivity contribution in [3.05, 3.63) is 58.6 Å². The quantitative estimate of drug-likeness (QED) is 0.671. The van der Waals surface area contributed by atoms with Crippen molar-refractivity contribution in [1.29, 1.82) is 0 Å². The summed E-state index contributed by atoms with van der Waals surface area (Å²) >= 11 is 3.38. The molecule has 1 N–H and O–H groups in total. The number of hydrogen-bond acceptors (Lipinski definition) is 5. The number of benzene rings is 2. The summed E-state index contributed by atoms with van der Waals surface area (Å²) in [7, 11) is 4.37. The smallest absolute Gasteiger partial charge is 0.332 e. The molecule has 0 radical (unpaired) electrons. The van der Waals surface area contributed by atoms with Crippen molar-refractivity contribution in [2.24, 2.45) is 5.41 Å². The molecule has 1 aliphatic rings. The first-order valence-corrected chi connectivity index (χ1v) is 9.80. The molecule has 4 amide bonds. The van der Waals surface area contributed by atoms with Crippen LogP contribution in [0.1, 0.15) is 5.56 Å². The Morgan fingerprint density at radius 3 is 2.00 bits per heavy atom. The Kier molecular flexibility index (Phi) is 5.93. The third-order valence-corrected chi connectivity index (χ3v) is 5.63. The molecule has 0 aromatic heterocycles. The third-order valence-electron chi connectivity index (χ3n) is 5.11. The van der Waals surface area contributed by atoms with Gasteiger partial charge in [0.1, 0.15) is 11.2 Å². The molecule has 1 aliphatic heterocycles. The summed E-state index contributed by atoms with van der Waals surface area (Å²) in [6, 6.07) is 14.0. The van der Waals surface area contributed by atoms with Crippen molar-refractivity contribution in [3.63, 3.8) is 0 Å². The summed E-state index contributed by atoms with van der Waals surface area (Å²) in [5.41, 5.74) is 0.116. The number of ether oxygens (including phenoxy) is 1. The number of rotatable bonds is 6. The maximum Gasteiger partial charge on any atom is 0.332 e. The van der Waals surface area contributed by atoms with E-state index < -0.39 is 23.3 Å². The van der Waals surface area contributed by atoms with Crippen LogP contribution in [0.5, 0.6) is 5.75 Å². The number of carbonyl (C=O) groups is 3. The number of methoxy groups -OCH3 is 1. The highest BCUT2D eigenvalue weighted by Gasteiger charge is 2.55. The van der Waals surface area contributed by atoms with E-state index in [0.29, 0.717) is 5.75 Å². The first kappa shape index (κ1) is 20.9. The van der Waals surface area contributed by atoms with Crippen molar-refractivity contribution in [1.82, 2.24) is 9.80 Å². The van der Waals surface area contributed by atoms with Crippen LogP contribution in [0.3, 0.4) is 0 Å². The molecule has 1 fully saturated rings. The fourth-order valence-corrected chi connectivity index (χ4v) is 3.67. The molecule has 0 bridgehead atoms. The molecule has 1 heterocycles. The van der Waals surface area contributed by atoms with E-state index in [2.05, 4.69) is 21.2 Å². The molecular formula is C21H22BrN3O4. The van der Waals surface area contributed by atoms with Crippen molar-refractivity contribution in [2.75, 3.05) is 33.1 Å². The van der Waals surface area contributed by atoms with Gasteiger partial charge < -0.3 is 10.1 Å². The van der Waals surface area contributed by atoms with Crippen LogP contribution in [-0.2, 0) is 16.0 Å². The van der Waals surface area contributed by atoms with Gasteiger partial charge in [-0.1, -0.05) is 28.1 Å². The van der Waals surface area contributed by atoms with E-state index in [0.717, 1.165) is 25.5 Å². The highest BCUT2D eigenvalue weighted by molar-refractivity contribution is 9.10. The zero-order valence-corrected chi connectivity index (χ0v) is 18.0. The Labute approximate surface area is 177 Å². The van der Waals surface area contributed by atoms with Gasteiger partial charge in [0.2, 0.25) is 11.8 Å². The number of urea groups is 1. The number of imide groups is 2. The molecule has 0 aliphatic carbocycles. The van der Waals surface area contributed by atoms with Crippen molar-refractivity contribution in [2.45, 2.75) is 6.42 Å². The van der Waals surface area contributed by atoms with Gasteiger partial charge in [-0.05, 0) is 48.4 Å². The molecule has 1 saturated heterocycles. The van der Waals surface area contributed by atoms with Crippen LogP contribution in [0.2, 0.25) is 0 Å². The fraction of sp³-hybridized carbons (Fsp3) is 0.286. The zero-order valence-electron chi connectivity index (χ0n) is 16.4. The minimum atomic E-state index is -1.45. The van der Waals surface area contributed by atoms with E-state index in [4.69, 9.17) is 4.74 Å². The summed E-state index contributed by atoms with van der Waals surface area (Å²) in [6.07, 6.45) is 0.153. The molecular weight excluding hydrogens is 438 g/mol. The molecule has 29 heavy (non-hydrogen) atoms. The van der Waals surface area contributed by atoms with Gasteiger partial charge in [-0.3, -0.25) is 19.4 Å². The number of barbiturate groups is 1. The minimum Gasteiger partial charge on any atom is -0.497 e. The predicted molar refractivity (Wildman–Crippen MR) is 113 cm³/mol. The van der Waals surface area contributed by atoms with Crippen LogP contribution in [-0.4, -0.2) is 55.4 Å². The van der Waals surface area contributed by atoms with Crippen LogP contribution < -0.4 is 10.1 Å². The van der Waals surface area contributed by atoms with Crippen LogP contribution in [0, 0.1) is 5.41 Å². The van der Waals surface area contributed by atoms with E-state index in [9.17, 15) is 14.4 Å². The number of nitrogens with zero attached hydrogens (tertiary/aromatic N) is 2. The molecule has 3 rings (SSSR count). The Morgan fingerprint density at radius 1 is 0.931 bits per heavy atom. The van der Waals surface area contributed by atoms with Crippen molar-refractivity contribution < 1.29 is 19.1 Å². The maximum absolute atomic E-state index is 13.2. The molecule has 152 valence electrons. The highest BCUT2D eigenvalue weighted by atomic mass is 79.9. The molecule has 2 aromatic rings. The Bertz CT molecular complexity index is 904. The van der Waals surface area contributed by atoms with Gasteiger partial charge >= 0.3 is 6.03 Å². The lowest BCUT2D eigenvalue weighted by Gasteiger charge is -2.42. The van der Waals surface area contributed by atoms with Crippen LogP contribution in [0.25, 0.3) is 0 Å². The second-order valence-corrected chi connectivity index (χ2v) is 7.89. The number of halogens is 1. The molecule has 0 atom stereocenters. The Balaban J connectivity index is 1.96. The van der Waals surface area contributed by atoms with Gasteiger partial charge in [-0.25, -0.2) is 4.79 Å². The van der Waals surface area contributed by atoms with E-state index in [-0.39, 0.29) is 13.0 Å². The molecule has 8 heteroatoms. The van der Waals surface area contributed by atoms with Gasteiger partial charge in [0.25, 0.3) is 0 Å². The van der Waals surface area contributed by atoms with Gasteiger partial charge in [-0.15, -0.1) is 0 Å². The first-order chi connectivity index (χ1) is 13.8. The van der Waals surface area contributed by atoms with Crippen LogP contribution in [0.4, 0.5) is 10.5 Å². The lowest BCUT2D eigenvalue weighted by Crippen LogP contribution is -2.65. The SMILES string of the molecule is COc1ccc(CC2(CNc3ccc(Br)cc3)C(=O)N(C)C(=O)N(C)C2=O)cc1. The maximum atomic E-state index is 13.2. The number of hydrogen-bond donors (Lipinski definition) is 1. The molecule has 7 nitrogen and oxygen atoms in total. The summed E-state index contributed by atoms with van der Waals surface area (Å²) in [5.74, 6) is -0.362. The van der Waals surface area contributed by atoms with Gasteiger partial charge in [0.15, 0.2) is 0 Å². The summed E-state index contributed by atoms with van der Waals surface area (Å²) in [4.78, 5) is 40.7. The fourth-order valence-electron chi connectivity index (χ4n) is 3.41. The number of amides is 4.